The molecule has 0 bridgehead atoms. The number of thioether (sulfide) groups is 1. The molecule has 0 atom stereocenters. The third-order valence-corrected chi connectivity index (χ3v) is 3.26. The van der Waals surface area contributed by atoms with Crippen molar-refractivity contribution < 1.29 is 0 Å². The van der Waals surface area contributed by atoms with Gasteiger partial charge in [0.25, 0.3) is 0 Å². The maximum atomic E-state index is 4.28. The van der Waals surface area contributed by atoms with Crippen LogP contribution in [0.3, 0.4) is 0 Å². The monoisotopic (exact) mass is 227 g/mol. The van der Waals surface area contributed by atoms with Crippen molar-refractivity contribution in [1.29, 1.82) is 0 Å². The van der Waals surface area contributed by atoms with Crippen molar-refractivity contribution in [2.45, 2.75) is 58.8 Å². The van der Waals surface area contributed by atoms with Gasteiger partial charge in [0.2, 0.25) is 0 Å². The van der Waals surface area contributed by atoms with Crippen molar-refractivity contribution in [1.82, 2.24) is 0 Å². The van der Waals surface area contributed by atoms with Crippen LogP contribution in [-0.4, -0.2) is 12.1 Å². The molecule has 15 heavy (non-hydrogen) atoms. The van der Waals surface area contributed by atoms with E-state index < -0.39 is 0 Å². The third-order valence-electron chi connectivity index (χ3n) is 2.29. The van der Waals surface area contributed by atoms with Gasteiger partial charge in [-0.1, -0.05) is 57.4 Å². The van der Waals surface area contributed by atoms with Gasteiger partial charge in [0.1, 0.15) is 0 Å². The highest BCUT2D eigenvalue weighted by Crippen LogP contribution is 2.19. The fourth-order valence-corrected chi connectivity index (χ4v) is 2.21. The highest BCUT2D eigenvalue weighted by atomic mass is 32.2. The van der Waals surface area contributed by atoms with Gasteiger partial charge >= 0.3 is 0 Å². The molecule has 0 saturated heterocycles. The predicted molar refractivity (Wildman–Crippen MR) is 73.8 cm³/mol. The number of unbranched alkanes of at least 4 members (excludes halogenated alkanes) is 5. The molecule has 1 nitrogen and oxygen atoms in total. The minimum Gasteiger partial charge on any atom is -0.286 e. The summed E-state index contributed by atoms with van der Waals surface area (Å²) in [5, 5.41) is 1.23. The van der Waals surface area contributed by atoms with Crippen LogP contribution in [-0.2, 0) is 0 Å². The van der Waals surface area contributed by atoms with Gasteiger partial charge in [-0.25, -0.2) is 0 Å². The van der Waals surface area contributed by atoms with Crippen molar-refractivity contribution in [3.8, 4) is 0 Å². The number of allylic oxidation sites excluding steroid dienone is 1. The lowest BCUT2D eigenvalue weighted by Crippen LogP contribution is -1.92. The molecule has 2 heteroatoms. The fourth-order valence-electron chi connectivity index (χ4n) is 1.47. The second kappa shape index (κ2) is 10.3. The Morgan fingerprint density at radius 3 is 2.27 bits per heavy atom. The van der Waals surface area contributed by atoms with E-state index in [1.165, 1.54) is 43.6 Å². The summed E-state index contributed by atoms with van der Waals surface area (Å²) in [6, 6.07) is 0. The fraction of sp³-hybridized carbons (Fsp3) is 0.769. The van der Waals surface area contributed by atoms with Crippen molar-refractivity contribution in [2.75, 3.05) is 7.05 Å². The molecule has 0 aliphatic rings. The Bertz CT molecular complexity index is 197. The molecule has 88 valence electrons. The molecular weight excluding hydrogens is 202 g/mol. The minimum absolute atomic E-state index is 1.13. The van der Waals surface area contributed by atoms with E-state index in [1.54, 1.807) is 11.8 Å². The zero-order chi connectivity index (χ0) is 11.5. The van der Waals surface area contributed by atoms with E-state index in [9.17, 15) is 0 Å². The van der Waals surface area contributed by atoms with Crippen LogP contribution in [0.5, 0.6) is 0 Å². The molecule has 0 spiro atoms. The molecule has 0 aliphatic carbocycles. The molecule has 0 N–H and O–H groups in total. The van der Waals surface area contributed by atoms with E-state index in [0.29, 0.717) is 0 Å². The van der Waals surface area contributed by atoms with Crippen LogP contribution in [0.1, 0.15) is 58.8 Å². The minimum atomic E-state index is 1.13. The van der Waals surface area contributed by atoms with Crippen LogP contribution in [0.25, 0.3) is 0 Å². The summed E-state index contributed by atoms with van der Waals surface area (Å²) in [7, 11) is 1.88. The lowest BCUT2D eigenvalue weighted by molar-refractivity contribution is 0.616. The van der Waals surface area contributed by atoms with Gasteiger partial charge in [0.15, 0.2) is 0 Å². The van der Waals surface area contributed by atoms with Gasteiger partial charge < -0.3 is 0 Å². The summed E-state index contributed by atoms with van der Waals surface area (Å²) in [6.45, 7) is 8.19. The first-order chi connectivity index (χ1) is 7.20. The maximum absolute atomic E-state index is 4.28. The van der Waals surface area contributed by atoms with Gasteiger partial charge in [-0.2, -0.15) is 0 Å². The Hall–Kier alpha value is -0.240. The molecular formula is C13H25NS. The summed E-state index contributed by atoms with van der Waals surface area (Å²) in [5.41, 5.74) is 0. The molecule has 0 heterocycles. The van der Waals surface area contributed by atoms with E-state index in [4.69, 9.17) is 0 Å². The molecule has 0 rings (SSSR count). The average molecular weight is 227 g/mol. The second-order valence-corrected chi connectivity index (χ2v) is 5.31. The van der Waals surface area contributed by atoms with Crippen LogP contribution in [0.15, 0.2) is 16.5 Å². The van der Waals surface area contributed by atoms with Gasteiger partial charge in [-0.3, -0.25) is 4.99 Å². The summed E-state index contributed by atoms with van der Waals surface area (Å²) in [5.74, 6) is 0. The van der Waals surface area contributed by atoms with Crippen LogP contribution in [0, 0.1) is 0 Å². The van der Waals surface area contributed by atoms with E-state index in [1.807, 2.05) is 14.0 Å². The highest BCUT2D eigenvalue weighted by Gasteiger charge is 1.99. The zero-order valence-corrected chi connectivity index (χ0v) is 11.3. The first kappa shape index (κ1) is 14.8. The van der Waals surface area contributed by atoms with E-state index in [0.717, 1.165) is 11.3 Å². The van der Waals surface area contributed by atoms with Crippen LogP contribution in [0.2, 0.25) is 0 Å². The standard InChI is InChI=1S/C13H25NS/c1-5-6-7-8-9-10-11-13(14-4)15-12(2)3/h2,5-11H2,1,3-4H3. The summed E-state index contributed by atoms with van der Waals surface area (Å²) in [6.07, 6.45) is 9.22. The Balaban J connectivity index is 3.43. The second-order valence-electron chi connectivity index (χ2n) is 3.94. The normalized spacial score (nSPS) is 11.8. The van der Waals surface area contributed by atoms with Crippen LogP contribution >= 0.6 is 11.8 Å². The number of aliphatic imine (C=N–C) groups is 1. The number of hydrogen-bond donors (Lipinski definition) is 0. The van der Waals surface area contributed by atoms with Crippen molar-refractivity contribution in [3.05, 3.63) is 11.5 Å². The molecule has 0 saturated carbocycles. The van der Waals surface area contributed by atoms with Gasteiger partial charge in [-0.15, -0.1) is 0 Å². The smallest absolute Gasteiger partial charge is 0.0716 e. The molecule has 0 unspecified atom stereocenters. The molecule has 0 aromatic carbocycles. The maximum Gasteiger partial charge on any atom is 0.0716 e. The molecule has 0 aromatic heterocycles. The highest BCUT2D eigenvalue weighted by molar-refractivity contribution is 8.17. The Labute approximate surface area is 99.4 Å². The predicted octanol–water partition coefficient (Wildman–Crippen LogP) is 5.03. The molecule has 0 fully saturated rings. The zero-order valence-electron chi connectivity index (χ0n) is 10.5. The largest absolute Gasteiger partial charge is 0.286 e. The quantitative estimate of drug-likeness (QED) is 0.322. The summed E-state index contributed by atoms with van der Waals surface area (Å²) < 4.78 is 0. The van der Waals surface area contributed by atoms with Crippen molar-refractivity contribution >= 4 is 16.8 Å². The first-order valence-electron chi connectivity index (χ1n) is 5.99. The van der Waals surface area contributed by atoms with Crippen LogP contribution in [0.4, 0.5) is 0 Å². The summed E-state index contributed by atoms with van der Waals surface area (Å²) in [4.78, 5) is 5.42. The molecule has 0 aliphatic heterocycles. The molecule has 0 aromatic rings. The Kier molecular flexibility index (Phi) is 10.1. The molecule has 0 radical (unpaired) electrons. The number of rotatable bonds is 8. The average Bonchev–Trinajstić information content (AvgIpc) is 2.20. The van der Waals surface area contributed by atoms with E-state index >= 15 is 0 Å². The lowest BCUT2D eigenvalue weighted by atomic mass is 10.1. The third kappa shape index (κ3) is 10.1. The molecule has 0 amide bonds. The topological polar surface area (TPSA) is 12.4 Å². The Morgan fingerprint density at radius 2 is 1.73 bits per heavy atom. The van der Waals surface area contributed by atoms with Crippen molar-refractivity contribution in [3.63, 3.8) is 0 Å². The summed E-state index contributed by atoms with van der Waals surface area (Å²) >= 11 is 1.72. The first-order valence-corrected chi connectivity index (χ1v) is 6.81. The SMILES string of the molecule is C=C(C)SC(CCCCCCCC)=NC. The lowest BCUT2D eigenvalue weighted by Gasteiger charge is -2.04. The van der Waals surface area contributed by atoms with Crippen molar-refractivity contribution in [2.24, 2.45) is 4.99 Å². The number of nitrogens with zero attached hydrogens (tertiary/aromatic N) is 1. The van der Waals surface area contributed by atoms with Gasteiger partial charge in [0, 0.05) is 7.05 Å². The van der Waals surface area contributed by atoms with E-state index in [2.05, 4.69) is 18.5 Å². The van der Waals surface area contributed by atoms with Crippen LogP contribution < -0.4 is 0 Å². The van der Waals surface area contributed by atoms with E-state index in [-0.39, 0.29) is 0 Å². The van der Waals surface area contributed by atoms with Gasteiger partial charge in [-0.05, 0) is 24.7 Å². The Morgan fingerprint density at radius 1 is 1.13 bits per heavy atom. The van der Waals surface area contributed by atoms with Gasteiger partial charge in [0.05, 0.1) is 5.04 Å². The number of hydrogen-bond acceptors (Lipinski definition) is 2.